The Morgan fingerprint density at radius 3 is 2.28 bits per heavy atom. The number of nitrogens with one attached hydrogen (secondary N) is 2. The van der Waals surface area contributed by atoms with Crippen molar-refractivity contribution in [3.63, 3.8) is 0 Å². The molecule has 2 aromatic carbocycles. The van der Waals surface area contributed by atoms with Gasteiger partial charge >= 0.3 is 0 Å². The van der Waals surface area contributed by atoms with E-state index in [1.54, 1.807) is 36.4 Å². The number of ether oxygens (including phenoxy) is 1. The molecule has 8 nitrogen and oxygen atoms in total. The number of rotatable bonds is 7. The molecular formula is C20H23N3O5S. The Balaban J connectivity index is 1.49. The Bertz CT molecular complexity index is 940. The maximum absolute atomic E-state index is 12.6. The zero-order valence-electron chi connectivity index (χ0n) is 15.8. The zero-order valence-corrected chi connectivity index (χ0v) is 16.7. The smallest absolute Gasteiger partial charge is 0.251 e. The van der Waals surface area contributed by atoms with Gasteiger partial charge in [-0.1, -0.05) is 18.2 Å². The standard InChI is InChI=1S/C20H23N3O5S/c24-19(10-11-21-20(25)16-4-2-1-3-5-16)22-17-6-8-18(9-7-17)29(26,27)23-12-14-28-15-13-23/h1-9H,10-15H2,(H,21,25)(H,22,24). The van der Waals surface area contributed by atoms with Crippen molar-refractivity contribution in [3.05, 3.63) is 60.2 Å². The van der Waals surface area contributed by atoms with Crippen LogP contribution in [-0.2, 0) is 19.6 Å². The Kier molecular flexibility index (Phi) is 6.97. The van der Waals surface area contributed by atoms with Gasteiger partial charge in [0.05, 0.1) is 18.1 Å². The number of carbonyl (C=O) groups is 2. The fourth-order valence-corrected chi connectivity index (χ4v) is 4.26. The highest BCUT2D eigenvalue weighted by Crippen LogP contribution is 2.19. The van der Waals surface area contributed by atoms with Crippen LogP contribution < -0.4 is 10.6 Å². The van der Waals surface area contributed by atoms with E-state index in [-0.39, 0.29) is 29.7 Å². The molecule has 2 amide bonds. The lowest BCUT2D eigenvalue weighted by Gasteiger charge is -2.26. The number of nitrogens with zero attached hydrogens (tertiary/aromatic N) is 1. The number of hydrogen-bond donors (Lipinski definition) is 2. The fourth-order valence-electron chi connectivity index (χ4n) is 2.85. The van der Waals surface area contributed by atoms with Crippen molar-refractivity contribution in [3.8, 4) is 0 Å². The van der Waals surface area contributed by atoms with Gasteiger partial charge in [-0.15, -0.1) is 0 Å². The molecular weight excluding hydrogens is 394 g/mol. The minimum absolute atomic E-state index is 0.104. The molecule has 2 aromatic rings. The summed E-state index contributed by atoms with van der Waals surface area (Å²) >= 11 is 0. The third kappa shape index (κ3) is 5.63. The second-order valence-corrected chi connectivity index (χ2v) is 8.40. The van der Waals surface area contributed by atoms with E-state index >= 15 is 0 Å². The number of amides is 2. The molecule has 9 heteroatoms. The summed E-state index contributed by atoms with van der Waals surface area (Å²) in [5.41, 5.74) is 1.02. The molecule has 0 aromatic heterocycles. The van der Waals surface area contributed by atoms with Gasteiger partial charge in [-0.2, -0.15) is 4.31 Å². The quantitative estimate of drug-likeness (QED) is 0.710. The lowest BCUT2D eigenvalue weighted by atomic mass is 10.2. The second kappa shape index (κ2) is 9.64. The third-order valence-electron chi connectivity index (χ3n) is 4.42. The van der Waals surface area contributed by atoms with Crippen molar-refractivity contribution in [1.29, 1.82) is 0 Å². The minimum Gasteiger partial charge on any atom is -0.379 e. The molecule has 0 radical (unpaired) electrons. The lowest BCUT2D eigenvalue weighted by molar-refractivity contribution is -0.116. The van der Waals surface area contributed by atoms with Crippen LogP contribution in [0.2, 0.25) is 0 Å². The summed E-state index contributed by atoms with van der Waals surface area (Å²) in [4.78, 5) is 24.2. The van der Waals surface area contributed by atoms with E-state index in [9.17, 15) is 18.0 Å². The zero-order chi connectivity index (χ0) is 20.7. The van der Waals surface area contributed by atoms with Crippen LogP contribution in [0.25, 0.3) is 0 Å². The molecule has 0 spiro atoms. The van der Waals surface area contributed by atoms with Crippen LogP contribution in [-0.4, -0.2) is 57.4 Å². The summed E-state index contributed by atoms with van der Waals surface area (Å²) in [6.45, 7) is 1.62. The van der Waals surface area contributed by atoms with Crippen molar-refractivity contribution in [2.24, 2.45) is 0 Å². The maximum atomic E-state index is 12.6. The van der Waals surface area contributed by atoms with Crippen LogP contribution in [0.15, 0.2) is 59.5 Å². The van der Waals surface area contributed by atoms with Gasteiger partial charge in [0.25, 0.3) is 5.91 Å². The number of carbonyl (C=O) groups excluding carboxylic acids is 2. The topological polar surface area (TPSA) is 105 Å². The molecule has 0 aliphatic carbocycles. The Morgan fingerprint density at radius 2 is 1.62 bits per heavy atom. The molecule has 29 heavy (non-hydrogen) atoms. The number of sulfonamides is 1. The number of hydrogen-bond acceptors (Lipinski definition) is 5. The van der Waals surface area contributed by atoms with Crippen LogP contribution in [0.5, 0.6) is 0 Å². The largest absolute Gasteiger partial charge is 0.379 e. The highest BCUT2D eigenvalue weighted by atomic mass is 32.2. The predicted molar refractivity (Wildman–Crippen MR) is 108 cm³/mol. The molecule has 0 atom stereocenters. The highest BCUT2D eigenvalue weighted by Gasteiger charge is 2.26. The second-order valence-electron chi connectivity index (χ2n) is 6.46. The first-order chi connectivity index (χ1) is 14.0. The Hall–Kier alpha value is -2.75. The SMILES string of the molecule is O=C(CCNC(=O)c1ccccc1)Nc1ccc(S(=O)(=O)N2CCOCC2)cc1. The van der Waals surface area contributed by atoms with E-state index in [1.165, 1.54) is 16.4 Å². The van der Waals surface area contributed by atoms with Crippen LogP contribution in [0, 0.1) is 0 Å². The minimum atomic E-state index is -3.56. The molecule has 1 saturated heterocycles. The summed E-state index contributed by atoms with van der Waals surface area (Å²) in [6.07, 6.45) is 0.104. The van der Waals surface area contributed by atoms with E-state index < -0.39 is 10.0 Å². The van der Waals surface area contributed by atoms with E-state index in [0.717, 1.165) is 0 Å². The molecule has 0 bridgehead atoms. The predicted octanol–water partition coefficient (Wildman–Crippen LogP) is 1.47. The average molecular weight is 417 g/mol. The van der Waals surface area contributed by atoms with E-state index in [2.05, 4.69) is 10.6 Å². The van der Waals surface area contributed by atoms with Gasteiger partial charge in [-0.25, -0.2) is 8.42 Å². The molecule has 1 heterocycles. The van der Waals surface area contributed by atoms with Gasteiger partial charge in [0.1, 0.15) is 0 Å². The summed E-state index contributed by atoms with van der Waals surface area (Å²) in [7, 11) is -3.56. The first kappa shape index (κ1) is 21.0. The summed E-state index contributed by atoms with van der Waals surface area (Å²) in [6, 6.07) is 14.8. The van der Waals surface area contributed by atoms with Crippen molar-refractivity contribution >= 4 is 27.5 Å². The third-order valence-corrected chi connectivity index (χ3v) is 6.33. The lowest BCUT2D eigenvalue weighted by Crippen LogP contribution is -2.40. The van der Waals surface area contributed by atoms with Crippen molar-refractivity contribution in [2.75, 3.05) is 38.2 Å². The van der Waals surface area contributed by atoms with Gasteiger partial charge in [0.15, 0.2) is 0 Å². The molecule has 1 aliphatic heterocycles. The van der Waals surface area contributed by atoms with Gasteiger partial charge in [0, 0.05) is 37.3 Å². The van der Waals surface area contributed by atoms with E-state index in [0.29, 0.717) is 37.6 Å². The molecule has 0 saturated carbocycles. The van der Waals surface area contributed by atoms with Gasteiger partial charge in [0.2, 0.25) is 15.9 Å². The average Bonchev–Trinajstić information content (AvgIpc) is 2.75. The molecule has 1 fully saturated rings. The number of morpholine rings is 1. The van der Waals surface area contributed by atoms with Crippen LogP contribution in [0.4, 0.5) is 5.69 Å². The van der Waals surface area contributed by atoms with E-state index in [1.807, 2.05) is 6.07 Å². The Labute approximate surface area is 169 Å². The molecule has 2 N–H and O–H groups in total. The molecule has 1 aliphatic rings. The van der Waals surface area contributed by atoms with Gasteiger partial charge < -0.3 is 15.4 Å². The Morgan fingerprint density at radius 1 is 0.966 bits per heavy atom. The highest BCUT2D eigenvalue weighted by molar-refractivity contribution is 7.89. The van der Waals surface area contributed by atoms with Crippen LogP contribution in [0.3, 0.4) is 0 Å². The van der Waals surface area contributed by atoms with Crippen molar-refractivity contribution < 1.29 is 22.7 Å². The summed E-state index contributed by atoms with van der Waals surface area (Å²) in [5, 5.41) is 5.38. The maximum Gasteiger partial charge on any atom is 0.251 e. The first-order valence-electron chi connectivity index (χ1n) is 9.28. The van der Waals surface area contributed by atoms with Gasteiger partial charge in [-0.3, -0.25) is 9.59 Å². The van der Waals surface area contributed by atoms with Crippen LogP contribution >= 0.6 is 0 Å². The van der Waals surface area contributed by atoms with Crippen molar-refractivity contribution in [1.82, 2.24) is 9.62 Å². The number of anilines is 1. The van der Waals surface area contributed by atoms with Crippen molar-refractivity contribution in [2.45, 2.75) is 11.3 Å². The molecule has 0 unspecified atom stereocenters. The monoisotopic (exact) mass is 417 g/mol. The molecule has 154 valence electrons. The number of benzene rings is 2. The first-order valence-corrected chi connectivity index (χ1v) is 10.7. The van der Waals surface area contributed by atoms with Crippen LogP contribution in [0.1, 0.15) is 16.8 Å². The fraction of sp³-hybridized carbons (Fsp3) is 0.300. The summed E-state index contributed by atoms with van der Waals surface area (Å²) < 4.78 is 31.7. The van der Waals surface area contributed by atoms with Gasteiger partial charge in [-0.05, 0) is 36.4 Å². The molecule has 3 rings (SSSR count). The summed E-state index contributed by atoms with van der Waals surface area (Å²) in [5.74, 6) is -0.516. The normalized spacial score (nSPS) is 14.9. The van der Waals surface area contributed by atoms with E-state index in [4.69, 9.17) is 4.74 Å².